The smallest absolute Gasteiger partial charge is 0.220 e. The first-order valence-electron chi connectivity index (χ1n) is 8.26. The van der Waals surface area contributed by atoms with Crippen molar-refractivity contribution in [3.63, 3.8) is 0 Å². The molecular weight excluding hydrogens is 455 g/mol. The summed E-state index contributed by atoms with van der Waals surface area (Å²) in [5.41, 5.74) is 1.04. The molecule has 0 bridgehead atoms. The number of benzene rings is 1. The lowest BCUT2D eigenvalue weighted by atomic mass is 10.1. The highest BCUT2D eigenvalue weighted by Gasteiger charge is 2.18. The van der Waals surface area contributed by atoms with Crippen molar-refractivity contribution in [2.75, 3.05) is 26.7 Å². The summed E-state index contributed by atoms with van der Waals surface area (Å²) in [6.07, 6.45) is 2.12. The van der Waals surface area contributed by atoms with Crippen molar-refractivity contribution in [1.29, 1.82) is 0 Å². The first-order chi connectivity index (χ1) is 11.6. The lowest BCUT2D eigenvalue weighted by molar-refractivity contribution is -0.122. The largest absolute Gasteiger partial charge is 0.497 e. The molecule has 0 radical (unpaired) electrons. The maximum absolute atomic E-state index is 11.2. The van der Waals surface area contributed by atoms with Crippen LogP contribution in [0, 0.1) is 0 Å². The number of carbonyl (C=O) groups is 1. The Hall–Kier alpha value is -1.22. The number of nitrogens with one attached hydrogen (secondary N) is 3. The second-order valence-electron chi connectivity index (χ2n) is 5.65. The zero-order valence-corrected chi connectivity index (χ0v) is 17.7. The van der Waals surface area contributed by atoms with E-state index in [0.717, 1.165) is 36.7 Å². The van der Waals surface area contributed by atoms with Gasteiger partial charge in [0.05, 0.1) is 7.11 Å². The Balaban J connectivity index is 0.00000312. The number of nitrogens with zero attached hydrogens (tertiary/aromatic N) is 1. The lowest BCUT2D eigenvalue weighted by Crippen LogP contribution is -2.51. The van der Waals surface area contributed by atoms with Crippen molar-refractivity contribution in [2.24, 2.45) is 4.99 Å². The number of hydrogen-bond acceptors (Lipinski definition) is 3. The Morgan fingerprint density at radius 3 is 2.88 bits per heavy atom. The van der Waals surface area contributed by atoms with Crippen molar-refractivity contribution in [2.45, 2.75) is 32.2 Å². The molecule has 0 aliphatic carbocycles. The molecule has 1 amide bonds. The van der Waals surface area contributed by atoms with Crippen LogP contribution in [0.5, 0.6) is 5.75 Å². The summed E-state index contributed by atoms with van der Waals surface area (Å²) in [4.78, 5) is 15.8. The van der Waals surface area contributed by atoms with Crippen LogP contribution < -0.4 is 20.7 Å². The van der Waals surface area contributed by atoms with E-state index >= 15 is 0 Å². The zero-order valence-electron chi connectivity index (χ0n) is 14.6. The van der Waals surface area contributed by atoms with Crippen LogP contribution in [0.25, 0.3) is 0 Å². The van der Waals surface area contributed by atoms with Gasteiger partial charge >= 0.3 is 0 Å². The van der Waals surface area contributed by atoms with E-state index in [1.54, 1.807) is 7.11 Å². The number of ether oxygens (including phenoxy) is 1. The van der Waals surface area contributed by atoms with Crippen LogP contribution in [0.15, 0.2) is 23.2 Å². The fourth-order valence-corrected chi connectivity index (χ4v) is 2.78. The molecule has 1 fully saturated rings. The van der Waals surface area contributed by atoms with Gasteiger partial charge in [0.1, 0.15) is 5.75 Å². The standard InChI is InChI=1S/C17H25ClN4O2.HI/c1-3-19-17(22-13-5-7-16(23)21-11-13)20-9-8-12-4-6-14(24-2)10-15(12)18;/h4,6,10,13H,3,5,7-9,11H2,1-2H3,(H,21,23)(H2,19,20,22);1H. The molecule has 1 heterocycles. The van der Waals surface area contributed by atoms with Gasteiger partial charge in [-0.1, -0.05) is 17.7 Å². The van der Waals surface area contributed by atoms with Gasteiger partial charge in [-0.15, -0.1) is 24.0 Å². The number of carbonyl (C=O) groups excluding carboxylic acids is 1. The van der Waals surface area contributed by atoms with Gasteiger partial charge in [-0.3, -0.25) is 9.79 Å². The van der Waals surface area contributed by atoms with Gasteiger partial charge in [-0.05, 0) is 37.5 Å². The summed E-state index contributed by atoms with van der Waals surface area (Å²) in [7, 11) is 1.62. The summed E-state index contributed by atoms with van der Waals surface area (Å²) in [5, 5.41) is 10.2. The second kappa shape index (κ2) is 11.4. The third-order valence-electron chi connectivity index (χ3n) is 3.86. The molecule has 1 atom stereocenters. The molecule has 6 nitrogen and oxygen atoms in total. The van der Waals surface area contributed by atoms with Gasteiger partial charge in [0.25, 0.3) is 0 Å². The Labute approximate surface area is 171 Å². The Kier molecular flexibility index (Phi) is 9.96. The molecule has 1 aliphatic rings. The molecule has 8 heteroatoms. The molecule has 1 unspecified atom stereocenters. The van der Waals surface area contributed by atoms with Gasteiger partial charge in [-0.2, -0.15) is 0 Å². The van der Waals surface area contributed by atoms with E-state index in [0.29, 0.717) is 24.5 Å². The van der Waals surface area contributed by atoms with Crippen LogP contribution in [0.4, 0.5) is 0 Å². The van der Waals surface area contributed by atoms with E-state index in [-0.39, 0.29) is 35.9 Å². The highest BCUT2D eigenvalue weighted by atomic mass is 127. The van der Waals surface area contributed by atoms with Crippen LogP contribution >= 0.6 is 35.6 Å². The molecule has 1 saturated heterocycles. The van der Waals surface area contributed by atoms with E-state index < -0.39 is 0 Å². The SMILES string of the molecule is CCNC(=NCCc1ccc(OC)cc1Cl)NC1CCC(=O)NC1.I. The first-order valence-corrected chi connectivity index (χ1v) is 8.64. The van der Waals surface area contributed by atoms with Crippen molar-refractivity contribution < 1.29 is 9.53 Å². The fourth-order valence-electron chi connectivity index (χ4n) is 2.52. The third kappa shape index (κ3) is 7.27. The maximum Gasteiger partial charge on any atom is 0.220 e. The number of hydrogen-bond donors (Lipinski definition) is 3. The number of halogens is 2. The molecule has 0 saturated carbocycles. The Morgan fingerprint density at radius 1 is 1.48 bits per heavy atom. The molecule has 2 rings (SSSR count). The van der Waals surface area contributed by atoms with Crippen LogP contribution in [-0.4, -0.2) is 44.7 Å². The second-order valence-corrected chi connectivity index (χ2v) is 6.06. The third-order valence-corrected chi connectivity index (χ3v) is 4.21. The van der Waals surface area contributed by atoms with E-state index in [9.17, 15) is 4.79 Å². The van der Waals surface area contributed by atoms with E-state index in [2.05, 4.69) is 20.9 Å². The molecule has 1 aromatic rings. The molecule has 25 heavy (non-hydrogen) atoms. The number of piperidine rings is 1. The Bertz CT molecular complexity index is 588. The molecule has 3 N–H and O–H groups in total. The first kappa shape index (κ1) is 21.8. The van der Waals surface area contributed by atoms with Crippen molar-refractivity contribution in [3.8, 4) is 5.75 Å². The average Bonchev–Trinajstić information content (AvgIpc) is 2.58. The number of rotatable bonds is 6. The number of amides is 1. The zero-order chi connectivity index (χ0) is 17.4. The Morgan fingerprint density at radius 2 is 2.28 bits per heavy atom. The van der Waals surface area contributed by atoms with Gasteiger partial charge in [0.2, 0.25) is 5.91 Å². The predicted octanol–water partition coefficient (Wildman–Crippen LogP) is 2.34. The maximum atomic E-state index is 11.2. The van der Waals surface area contributed by atoms with Crippen molar-refractivity contribution in [1.82, 2.24) is 16.0 Å². The topological polar surface area (TPSA) is 74.8 Å². The van der Waals surface area contributed by atoms with Crippen LogP contribution in [0.2, 0.25) is 5.02 Å². The summed E-state index contributed by atoms with van der Waals surface area (Å²) in [6, 6.07) is 5.90. The molecule has 1 aliphatic heterocycles. The van der Waals surface area contributed by atoms with Crippen LogP contribution in [0.1, 0.15) is 25.3 Å². The van der Waals surface area contributed by atoms with Crippen molar-refractivity contribution >= 4 is 47.4 Å². The van der Waals surface area contributed by atoms with Gasteiger partial charge < -0.3 is 20.7 Å². The lowest BCUT2D eigenvalue weighted by Gasteiger charge is -2.25. The fraction of sp³-hybridized carbons (Fsp3) is 0.529. The van der Waals surface area contributed by atoms with E-state index in [1.165, 1.54) is 0 Å². The normalized spacial score (nSPS) is 17.3. The van der Waals surface area contributed by atoms with Crippen LogP contribution in [0.3, 0.4) is 0 Å². The number of methoxy groups -OCH3 is 1. The molecule has 0 spiro atoms. The highest BCUT2D eigenvalue weighted by Crippen LogP contribution is 2.22. The van der Waals surface area contributed by atoms with Gasteiger partial charge in [0.15, 0.2) is 5.96 Å². The van der Waals surface area contributed by atoms with Gasteiger partial charge in [-0.25, -0.2) is 0 Å². The minimum Gasteiger partial charge on any atom is -0.497 e. The average molecular weight is 481 g/mol. The monoisotopic (exact) mass is 480 g/mol. The predicted molar refractivity (Wildman–Crippen MR) is 112 cm³/mol. The summed E-state index contributed by atoms with van der Waals surface area (Å²) < 4.78 is 5.15. The van der Waals surface area contributed by atoms with E-state index in [4.69, 9.17) is 16.3 Å². The van der Waals surface area contributed by atoms with Crippen molar-refractivity contribution in [3.05, 3.63) is 28.8 Å². The highest BCUT2D eigenvalue weighted by molar-refractivity contribution is 14.0. The molecule has 140 valence electrons. The summed E-state index contributed by atoms with van der Waals surface area (Å²) in [6.45, 7) is 4.07. The molecular formula is C17H26ClIN4O2. The van der Waals surface area contributed by atoms with E-state index in [1.807, 2.05) is 25.1 Å². The molecule has 1 aromatic carbocycles. The van der Waals surface area contributed by atoms with Gasteiger partial charge in [0, 0.05) is 37.1 Å². The molecule has 0 aromatic heterocycles. The van der Waals surface area contributed by atoms with Crippen LogP contribution in [-0.2, 0) is 11.2 Å². The summed E-state index contributed by atoms with van der Waals surface area (Å²) in [5.74, 6) is 1.63. The minimum atomic E-state index is 0. The summed E-state index contributed by atoms with van der Waals surface area (Å²) >= 11 is 6.25. The quantitative estimate of drug-likeness (QED) is 0.332. The minimum absolute atomic E-state index is 0. The number of aliphatic imine (C=N–C) groups is 1. The number of guanidine groups is 1.